The molecule has 2 heterocycles. The van der Waals surface area contributed by atoms with Gasteiger partial charge in [0.05, 0.1) is 71.2 Å². The summed E-state index contributed by atoms with van der Waals surface area (Å²) < 4.78 is 48.7. The van der Waals surface area contributed by atoms with Gasteiger partial charge in [-0.05, 0) is 92.7 Å². The van der Waals surface area contributed by atoms with Gasteiger partial charge in [0.2, 0.25) is 12.1 Å². The maximum Gasteiger partial charge on any atom is 0.417 e. The van der Waals surface area contributed by atoms with Gasteiger partial charge in [0.1, 0.15) is 29.0 Å². The summed E-state index contributed by atoms with van der Waals surface area (Å²) in [4.78, 5) is 35.9. The molecule has 2 aliphatic carbocycles. The molecular formula is C50H69N3O14. The zero-order valence-corrected chi connectivity index (χ0v) is 38.9. The molecule has 7 atom stereocenters. The fourth-order valence-electron chi connectivity index (χ4n) is 9.79. The molecule has 4 N–H and O–H groups in total. The number of carbonyl (C=O) groups excluding carboxylic acids is 2. The Morgan fingerprint density at radius 2 is 1.75 bits per heavy atom. The molecule has 1 saturated heterocycles. The van der Waals surface area contributed by atoms with Crippen molar-refractivity contribution in [1.29, 1.82) is 0 Å². The van der Waals surface area contributed by atoms with Crippen LogP contribution in [0.3, 0.4) is 0 Å². The SMILES string of the molecule is C=CCCOC(=O)N(CCOCCO)[C@H]1CC(=NOC2CCCCO2)C2=C[C@H](CCCCO)[C@@H](CCCCO)[C@@H]3c4cc(OC(=O)Nc5ccc(OC)cc5OC)ccc4O[C@@]1(OCC=C)[C@H]23. The van der Waals surface area contributed by atoms with Crippen molar-refractivity contribution >= 4 is 23.6 Å². The molecule has 67 heavy (non-hydrogen) atoms. The number of carbonyl (C=O) groups is 2. The molecule has 2 aromatic rings. The number of amides is 2. The minimum Gasteiger partial charge on any atom is -0.497 e. The summed E-state index contributed by atoms with van der Waals surface area (Å²) in [5.74, 6) is -1.11. The van der Waals surface area contributed by atoms with Crippen LogP contribution in [0.4, 0.5) is 15.3 Å². The van der Waals surface area contributed by atoms with E-state index in [4.69, 9.17) is 47.9 Å². The lowest BCUT2D eigenvalue weighted by Gasteiger charge is -2.59. The van der Waals surface area contributed by atoms with Crippen LogP contribution in [0.25, 0.3) is 0 Å². The van der Waals surface area contributed by atoms with Crippen LogP contribution in [0.15, 0.2) is 78.5 Å². The standard InChI is InChI=1S/C50H69N3O14/c1-5-7-26-63-49(58)53(21-28-61-29-24-56)44-33-41(52-67-45-16-10-13-27-62-45)38-30-34(14-8-11-22-54)37(15-9-12-23-55)46-39-31-36(18-20-42(39)66-50(44,47(38)46)64-25-6-2)65-48(57)51-40-19-17-35(59-3)32-43(40)60-4/h5-6,17-20,30-32,34,37,44-47,54-56H,1-2,7-16,21-29,33H2,3-4H3,(H,51,57)/t34-,37+,44-,45?,46+,47+,50+/m0/s1. The lowest BCUT2D eigenvalue weighted by molar-refractivity contribution is -0.256. The minimum atomic E-state index is -1.58. The third kappa shape index (κ3) is 12.7. The zero-order chi connectivity index (χ0) is 47.6. The molecular weight excluding hydrogens is 867 g/mol. The molecule has 1 unspecified atom stereocenters. The Bertz CT molecular complexity index is 2010. The second-order valence-electron chi connectivity index (χ2n) is 17.0. The first-order valence-electron chi connectivity index (χ1n) is 23.5. The van der Waals surface area contributed by atoms with Crippen LogP contribution in [0.1, 0.15) is 82.1 Å². The summed E-state index contributed by atoms with van der Waals surface area (Å²) in [6.45, 7) is 8.52. The summed E-state index contributed by atoms with van der Waals surface area (Å²) in [5, 5.41) is 37.2. The van der Waals surface area contributed by atoms with Gasteiger partial charge in [-0.2, -0.15) is 0 Å². The Morgan fingerprint density at radius 3 is 2.46 bits per heavy atom. The monoisotopic (exact) mass is 935 g/mol. The molecule has 17 nitrogen and oxygen atoms in total. The van der Waals surface area contributed by atoms with E-state index in [0.717, 1.165) is 36.8 Å². The van der Waals surface area contributed by atoms with Gasteiger partial charge in [0.25, 0.3) is 0 Å². The van der Waals surface area contributed by atoms with Crippen molar-refractivity contribution in [2.45, 2.75) is 94.7 Å². The Balaban J connectivity index is 1.53. The Morgan fingerprint density at radius 1 is 0.940 bits per heavy atom. The number of fused-ring (bicyclic) bond motifs is 2. The molecule has 4 aliphatic rings. The fraction of sp³-hybridized carbons (Fsp3) is 0.580. The van der Waals surface area contributed by atoms with Gasteiger partial charge in [-0.3, -0.25) is 10.2 Å². The summed E-state index contributed by atoms with van der Waals surface area (Å²) in [6.07, 6.45) is 10.8. The number of hydrogen-bond acceptors (Lipinski definition) is 15. The van der Waals surface area contributed by atoms with Crippen LogP contribution in [0.2, 0.25) is 0 Å². The first kappa shape index (κ1) is 51.2. The topological polar surface area (TPSA) is 206 Å². The largest absolute Gasteiger partial charge is 0.497 e. The van der Waals surface area contributed by atoms with E-state index in [2.05, 4.69) is 24.6 Å². The number of benzene rings is 2. The highest BCUT2D eigenvalue weighted by atomic mass is 16.8. The van der Waals surface area contributed by atoms with Crippen molar-refractivity contribution in [3.05, 3.63) is 78.9 Å². The molecule has 2 fully saturated rings. The zero-order valence-electron chi connectivity index (χ0n) is 38.9. The van der Waals surface area contributed by atoms with Crippen LogP contribution < -0.4 is 24.3 Å². The van der Waals surface area contributed by atoms with Crippen LogP contribution in [-0.2, 0) is 23.8 Å². The molecule has 2 amide bonds. The summed E-state index contributed by atoms with van der Waals surface area (Å²) in [6, 6.07) is 9.35. The highest BCUT2D eigenvalue weighted by Gasteiger charge is 2.65. The van der Waals surface area contributed by atoms with Gasteiger partial charge in [-0.15, -0.1) is 13.2 Å². The summed E-state index contributed by atoms with van der Waals surface area (Å²) in [7, 11) is 3.03. The maximum atomic E-state index is 14.5. The Hall–Kier alpha value is -5.17. The van der Waals surface area contributed by atoms with E-state index >= 15 is 0 Å². The fourth-order valence-corrected chi connectivity index (χ4v) is 9.79. The van der Waals surface area contributed by atoms with E-state index in [-0.39, 0.29) is 76.8 Å². The highest BCUT2D eigenvalue weighted by molar-refractivity contribution is 6.03. The normalized spacial score (nSPS) is 24.5. The average Bonchev–Trinajstić information content (AvgIpc) is 3.34. The molecule has 17 heteroatoms. The quantitative estimate of drug-likeness (QED) is 0.0410. The first-order valence-corrected chi connectivity index (χ1v) is 23.5. The second-order valence-corrected chi connectivity index (χ2v) is 17.0. The van der Waals surface area contributed by atoms with Gasteiger partial charge >= 0.3 is 12.2 Å². The number of nitrogens with one attached hydrogen (secondary N) is 1. The molecule has 368 valence electrons. The molecule has 0 radical (unpaired) electrons. The Labute approximate surface area is 393 Å². The van der Waals surface area contributed by atoms with Crippen molar-refractivity contribution in [1.82, 2.24) is 4.90 Å². The summed E-state index contributed by atoms with van der Waals surface area (Å²) in [5.41, 5.74) is 2.54. The molecule has 1 saturated carbocycles. The van der Waals surface area contributed by atoms with Gasteiger partial charge in [0, 0.05) is 50.1 Å². The number of hydrogen-bond donors (Lipinski definition) is 4. The molecule has 2 aliphatic heterocycles. The number of methoxy groups -OCH3 is 2. The van der Waals surface area contributed by atoms with E-state index in [1.54, 1.807) is 47.4 Å². The van der Waals surface area contributed by atoms with Crippen LogP contribution in [0, 0.1) is 17.8 Å². The minimum absolute atomic E-state index is 0.0238. The number of rotatable bonds is 26. The lowest BCUT2D eigenvalue weighted by atomic mass is 9.55. The van der Waals surface area contributed by atoms with Gasteiger partial charge in [-0.25, -0.2) is 9.59 Å². The predicted molar refractivity (Wildman–Crippen MR) is 250 cm³/mol. The summed E-state index contributed by atoms with van der Waals surface area (Å²) >= 11 is 0. The lowest BCUT2D eigenvalue weighted by Crippen LogP contribution is -2.70. The van der Waals surface area contributed by atoms with Crippen molar-refractivity contribution in [2.75, 3.05) is 78.9 Å². The van der Waals surface area contributed by atoms with Gasteiger partial charge in [0.15, 0.2) is 0 Å². The van der Waals surface area contributed by atoms with E-state index in [0.29, 0.717) is 73.8 Å². The molecule has 0 spiro atoms. The third-order valence-electron chi connectivity index (χ3n) is 12.8. The number of allylic oxidation sites excluding steroid dienone is 1. The molecule has 0 bridgehead atoms. The van der Waals surface area contributed by atoms with E-state index in [1.165, 1.54) is 14.2 Å². The number of ether oxygens (including phenoxy) is 8. The van der Waals surface area contributed by atoms with E-state index in [9.17, 15) is 24.9 Å². The maximum absolute atomic E-state index is 14.5. The van der Waals surface area contributed by atoms with Crippen LogP contribution in [0.5, 0.6) is 23.0 Å². The van der Waals surface area contributed by atoms with Gasteiger partial charge in [-0.1, -0.05) is 36.2 Å². The van der Waals surface area contributed by atoms with E-state index < -0.39 is 42.1 Å². The van der Waals surface area contributed by atoms with Crippen molar-refractivity contribution in [2.24, 2.45) is 22.9 Å². The molecule has 2 aromatic carbocycles. The van der Waals surface area contributed by atoms with Crippen molar-refractivity contribution in [3.8, 4) is 23.0 Å². The predicted octanol–water partition coefficient (Wildman–Crippen LogP) is 7.50. The number of nitrogens with zero attached hydrogens (tertiary/aromatic N) is 2. The number of aliphatic hydroxyl groups is 3. The number of unbranched alkanes of at least 4 members (excludes halogenated alkanes) is 2. The van der Waals surface area contributed by atoms with E-state index in [1.807, 2.05) is 6.07 Å². The van der Waals surface area contributed by atoms with Crippen LogP contribution in [-0.4, -0.2) is 130 Å². The third-order valence-corrected chi connectivity index (χ3v) is 12.8. The van der Waals surface area contributed by atoms with Crippen molar-refractivity contribution < 1.29 is 67.6 Å². The number of oxime groups is 1. The van der Waals surface area contributed by atoms with Crippen LogP contribution >= 0.6 is 0 Å². The smallest absolute Gasteiger partial charge is 0.417 e. The first-order chi connectivity index (χ1) is 32.7. The second kappa shape index (κ2) is 25.8. The number of aliphatic hydroxyl groups excluding tert-OH is 3. The Kier molecular flexibility index (Phi) is 19.7. The number of anilines is 1. The molecule has 6 rings (SSSR count). The van der Waals surface area contributed by atoms with Crippen molar-refractivity contribution in [3.63, 3.8) is 0 Å². The highest BCUT2D eigenvalue weighted by Crippen LogP contribution is 2.62. The molecule has 0 aromatic heterocycles. The average molecular weight is 936 g/mol. The van der Waals surface area contributed by atoms with Gasteiger partial charge < -0.3 is 58.1 Å².